The monoisotopic (exact) mass is 300 g/mol. The van der Waals surface area contributed by atoms with Crippen molar-refractivity contribution in [2.24, 2.45) is 11.1 Å². The van der Waals surface area contributed by atoms with Crippen LogP contribution in [0.15, 0.2) is 5.16 Å². The summed E-state index contributed by atoms with van der Waals surface area (Å²) in [6, 6.07) is -1.08. The summed E-state index contributed by atoms with van der Waals surface area (Å²) >= 11 is 0. The van der Waals surface area contributed by atoms with E-state index in [1.807, 2.05) is 0 Å². The molecule has 0 aromatic carbocycles. The summed E-state index contributed by atoms with van der Waals surface area (Å²) < 4.78 is 11.4. The van der Waals surface area contributed by atoms with Crippen LogP contribution < -0.4 is 0 Å². The zero-order chi connectivity index (χ0) is 14.7. The van der Waals surface area contributed by atoms with Crippen LogP contribution >= 0.6 is 0 Å². The zero-order valence-corrected chi connectivity index (χ0v) is 12.1. The lowest BCUT2D eigenvalue weighted by molar-refractivity contribution is -0.150. The number of nitrogens with zero attached hydrogens (tertiary/aromatic N) is 2. The molecular formula is C12H16N2O5S. The SMILES string of the molecule is CC1(C)[C@H](C(=O)O)N2C(=O)/C(=N\OCC3CC3)[C@H]2S1=O. The van der Waals surface area contributed by atoms with E-state index in [4.69, 9.17) is 4.84 Å². The average molecular weight is 300 g/mol. The third-order valence-electron chi connectivity index (χ3n) is 4.00. The lowest BCUT2D eigenvalue weighted by atomic mass is 9.98. The van der Waals surface area contributed by atoms with Crippen molar-refractivity contribution in [1.29, 1.82) is 0 Å². The van der Waals surface area contributed by atoms with Gasteiger partial charge >= 0.3 is 5.97 Å². The molecule has 0 spiro atoms. The second-order valence-electron chi connectivity index (χ2n) is 5.92. The minimum atomic E-state index is -1.51. The van der Waals surface area contributed by atoms with Crippen molar-refractivity contribution < 1.29 is 23.7 Å². The van der Waals surface area contributed by atoms with Crippen LogP contribution in [0, 0.1) is 5.92 Å². The highest BCUT2D eigenvalue weighted by Crippen LogP contribution is 2.42. The molecule has 110 valence electrons. The molecule has 1 aliphatic carbocycles. The summed E-state index contributed by atoms with van der Waals surface area (Å²) in [7, 11) is -1.51. The molecule has 1 unspecified atom stereocenters. The first-order valence-corrected chi connectivity index (χ1v) is 7.73. The van der Waals surface area contributed by atoms with E-state index < -0.39 is 38.8 Å². The van der Waals surface area contributed by atoms with Gasteiger partial charge in [0.15, 0.2) is 11.1 Å². The summed E-state index contributed by atoms with van der Waals surface area (Å²) in [5.41, 5.74) is 0.0841. The lowest BCUT2D eigenvalue weighted by Gasteiger charge is -2.36. The molecule has 2 aliphatic heterocycles. The number of rotatable bonds is 4. The van der Waals surface area contributed by atoms with Crippen LogP contribution in [0.4, 0.5) is 0 Å². The molecule has 0 aromatic heterocycles. The van der Waals surface area contributed by atoms with E-state index in [2.05, 4.69) is 5.16 Å². The van der Waals surface area contributed by atoms with Crippen LogP contribution in [-0.2, 0) is 25.2 Å². The van der Waals surface area contributed by atoms with Gasteiger partial charge in [-0.1, -0.05) is 5.16 Å². The summed E-state index contributed by atoms with van der Waals surface area (Å²) in [6.07, 6.45) is 2.21. The fraction of sp³-hybridized carbons (Fsp3) is 0.750. The molecule has 1 amide bonds. The zero-order valence-electron chi connectivity index (χ0n) is 11.2. The molecule has 0 bridgehead atoms. The smallest absolute Gasteiger partial charge is 0.328 e. The quantitative estimate of drug-likeness (QED) is 0.579. The van der Waals surface area contributed by atoms with Crippen molar-refractivity contribution in [3.8, 4) is 0 Å². The Bertz CT molecular complexity index is 540. The summed E-state index contributed by atoms with van der Waals surface area (Å²) in [6.45, 7) is 3.65. The van der Waals surface area contributed by atoms with Crippen molar-refractivity contribution in [2.75, 3.05) is 6.61 Å². The molecule has 0 radical (unpaired) electrons. The number of β-lactam (4-membered cyclic amide) rings is 1. The Morgan fingerprint density at radius 3 is 2.75 bits per heavy atom. The van der Waals surface area contributed by atoms with Gasteiger partial charge in [0, 0.05) is 0 Å². The van der Waals surface area contributed by atoms with Crippen LogP contribution in [-0.4, -0.2) is 54.6 Å². The first kappa shape index (κ1) is 13.5. The molecule has 3 atom stereocenters. The molecule has 20 heavy (non-hydrogen) atoms. The molecule has 2 heterocycles. The molecule has 3 rings (SSSR count). The van der Waals surface area contributed by atoms with Crippen molar-refractivity contribution >= 4 is 28.4 Å². The van der Waals surface area contributed by atoms with Gasteiger partial charge < -0.3 is 14.8 Å². The maximum Gasteiger partial charge on any atom is 0.328 e. The number of carboxylic acid groups (broad SMARTS) is 1. The maximum atomic E-state index is 12.4. The fourth-order valence-corrected chi connectivity index (χ4v) is 4.38. The van der Waals surface area contributed by atoms with E-state index in [0.717, 1.165) is 17.7 Å². The number of hydrogen-bond donors (Lipinski definition) is 1. The Labute approximate surface area is 118 Å². The molecule has 8 heteroatoms. The van der Waals surface area contributed by atoms with Gasteiger partial charge in [0.2, 0.25) is 0 Å². The van der Waals surface area contributed by atoms with Gasteiger partial charge in [-0.25, -0.2) is 4.79 Å². The van der Waals surface area contributed by atoms with Gasteiger partial charge in [-0.3, -0.25) is 9.00 Å². The fourth-order valence-electron chi connectivity index (χ4n) is 2.60. The first-order valence-electron chi connectivity index (χ1n) is 6.51. The van der Waals surface area contributed by atoms with E-state index in [-0.39, 0.29) is 5.71 Å². The highest BCUT2D eigenvalue weighted by Gasteiger charge is 2.67. The number of amides is 1. The molecule has 1 saturated carbocycles. The summed E-state index contributed by atoms with van der Waals surface area (Å²) in [4.78, 5) is 29.6. The van der Waals surface area contributed by atoms with Crippen LogP contribution in [0.1, 0.15) is 26.7 Å². The van der Waals surface area contributed by atoms with E-state index in [1.54, 1.807) is 13.8 Å². The van der Waals surface area contributed by atoms with Crippen molar-refractivity contribution in [3.63, 3.8) is 0 Å². The Morgan fingerprint density at radius 1 is 1.55 bits per heavy atom. The number of carboxylic acids is 1. The number of carbonyl (C=O) groups is 2. The largest absolute Gasteiger partial charge is 0.480 e. The molecular weight excluding hydrogens is 284 g/mol. The predicted octanol–water partition coefficient (Wildman–Crippen LogP) is -0.0686. The lowest BCUT2D eigenvalue weighted by Crippen LogP contribution is -2.64. The van der Waals surface area contributed by atoms with Gasteiger partial charge in [0.25, 0.3) is 5.91 Å². The third-order valence-corrected chi connectivity index (χ3v) is 6.12. The topological polar surface area (TPSA) is 96.3 Å². The third kappa shape index (κ3) is 1.77. The molecule has 1 N–H and O–H groups in total. The minimum absolute atomic E-state index is 0.0841. The van der Waals surface area contributed by atoms with Crippen molar-refractivity contribution in [1.82, 2.24) is 4.90 Å². The highest BCUT2D eigenvalue weighted by atomic mass is 32.2. The number of carbonyl (C=O) groups excluding carboxylic acids is 1. The van der Waals surface area contributed by atoms with Crippen molar-refractivity contribution in [3.05, 3.63) is 0 Å². The van der Waals surface area contributed by atoms with Gasteiger partial charge in [0.05, 0.1) is 15.5 Å². The number of hydrogen-bond acceptors (Lipinski definition) is 5. The molecule has 2 saturated heterocycles. The Kier molecular flexibility index (Phi) is 2.89. The standard InChI is InChI=1S/C12H16N2O5S/c1-12(2)8(11(16)17)14-9(15)7(10(14)20(12)18)13-19-5-6-3-4-6/h6,8,10H,3-5H2,1-2H3,(H,16,17)/b13-7+/t8-,10+,20?/m0/s1. The number of fused-ring (bicyclic) bond motifs is 1. The molecule has 7 nitrogen and oxygen atoms in total. The predicted molar refractivity (Wildman–Crippen MR) is 70.4 cm³/mol. The van der Waals surface area contributed by atoms with Crippen LogP contribution in [0.2, 0.25) is 0 Å². The highest BCUT2D eigenvalue weighted by molar-refractivity contribution is 7.88. The summed E-state index contributed by atoms with van der Waals surface area (Å²) in [5, 5.41) is 12.3. The van der Waals surface area contributed by atoms with Gasteiger partial charge in [-0.15, -0.1) is 0 Å². The van der Waals surface area contributed by atoms with Crippen LogP contribution in [0.25, 0.3) is 0 Å². The van der Waals surface area contributed by atoms with Gasteiger partial charge in [0.1, 0.15) is 12.6 Å². The van der Waals surface area contributed by atoms with Crippen LogP contribution in [0.5, 0.6) is 0 Å². The second-order valence-corrected chi connectivity index (χ2v) is 8.02. The van der Waals surface area contributed by atoms with Crippen LogP contribution in [0.3, 0.4) is 0 Å². The normalized spacial score (nSPS) is 36.7. The van der Waals surface area contributed by atoms with E-state index in [1.165, 1.54) is 0 Å². The van der Waals surface area contributed by atoms with Crippen molar-refractivity contribution in [2.45, 2.75) is 42.9 Å². The Hall–Kier alpha value is -1.44. The van der Waals surface area contributed by atoms with Gasteiger partial charge in [-0.2, -0.15) is 0 Å². The molecule has 3 aliphatic rings. The second kappa shape index (κ2) is 4.28. The molecule has 3 fully saturated rings. The molecule has 0 aromatic rings. The average Bonchev–Trinajstić information content (AvgIpc) is 3.15. The van der Waals surface area contributed by atoms with E-state index in [0.29, 0.717) is 12.5 Å². The number of aliphatic carboxylic acids is 1. The Morgan fingerprint density at radius 2 is 2.20 bits per heavy atom. The van der Waals surface area contributed by atoms with E-state index in [9.17, 15) is 18.9 Å². The number of oxime groups is 1. The summed E-state index contributed by atoms with van der Waals surface area (Å²) in [5.74, 6) is -1.13. The Balaban J connectivity index is 1.81. The van der Waals surface area contributed by atoms with E-state index >= 15 is 0 Å². The van der Waals surface area contributed by atoms with Gasteiger partial charge in [-0.05, 0) is 32.6 Å². The first-order chi connectivity index (χ1) is 9.35. The maximum absolute atomic E-state index is 12.4. The minimum Gasteiger partial charge on any atom is -0.480 e.